The molecule has 212 valence electrons. The Hall–Kier alpha value is -3.91. The van der Waals surface area contributed by atoms with E-state index < -0.39 is 12.0 Å². The second-order valence-electron chi connectivity index (χ2n) is 10.0. The van der Waals surface area contributed by atoms with Crippen LogP contribution in [0.25, 0.3) is 17.0 Å². The van der Waals surface area contributed by atoms with E-state index in [9.17, 15) is 9.59 Å². The third-order valence-electron chi connectivity index (χ3n) is 7.56. The fraction of sp³-hybridized carbons (Fsp3) is 0.182. The van der Waals surface area contributed by atoms with Crippen LogP contribution in [0.2, 0.25) is 10.0 Å². The Kier molecular flexibility index (Phi) is 7.66. The molecule has 3 heterocycles. The Balaban J connectivity index is 1.57. The number of para-hydroxylation sites is 1. The van der Waals surface area contributed by atoms with Crippen LogP contribution in [0.1, 0.15) is 42.3 Å². The van der Waals surface area contributed by atoms with Gasteiger partial charge in [0.25, 0.3) is 5.56 Å². The van der Waals surface area contributed by atoms with Crippen molar-refractivity contribution in [3.8, 4) is 0 Å². The third kappa shape index (κ3) is 4.81. The minimum absolute atomic E-state index is 0.201. The summed E-state index contributed by atoms with van der Waals surface area (Å²) >= 11 is 14.4. The maximum atomic E-state index is 14.2. The van der Waals surface area contributed by atoms with Crippen LogP contribution in [-0.4, -0.2) is 21.7 Å². The summed E-state index contributed by atoms with van der Waals surface area (Å²) < 4.78 is 9.68. The number of carbonyl (C=O) groups excluding carboxylic acids is 1. The largest absolute Gasteiger partial charge is 0.463 e. The zero-order chi connectivity index (χ0) is 29.5. The number of benzene rings is 3. The number of allylic oxidation sites excluding steroid dienone is 1. The van der Waals surface area contributed by atoms with Crippen molar-refractivity contribution in [1.82, 2.24) is 9.13 Å². The summed E-state index contributed by atoms with van der Waals surface area (Å²) in [6, 6.07) is 22.4. The molecule has 1 atom stereocenters. The molecule has 3 aromatic carbocycles. The first-order valence-corrected chi connectivity index (χ1v) is 15.1. The Bertz CT molecular complexity index is 2090. The molecule has 0 bridgehead atoms. The van der Waals surface area contributed by atoms with Crippen LogP contribution < -0.4 is 14.9 Å². The molecule has 2 aromatic heterocycles. The second kappa shape index (κ2) is 11.4. The van der Waals surface area contributed by atoms with Crippen LogP contribution in [0.4, 0.5) is 0 Å². The highest BCUT2D eigenvalue weighted by molar-refractivity contribution is 7.07. The van der Waals surface area contributed by atoms with E-state index in [4.69, 9.17) is 32.9 Å². The van der Waals surface area contributed by atoms with E-state index >= 15 is 0 Å². The first-order chi connectivity index (χ1) is 20.3. The molecule has 6 rings (SSSR count). The lowest BCUT2D eigenvalue weighted by Crippen LogP contribution is -2.40. The topological polar surface area (TPSA) is 65.6 Å². The molecule has 0 fully saturated rings. The average Bonchev–Trinajstić information content (AvgIpc) is 3.42. The van der Waals surface area contributed by atoms with Crippen molar-refractivity contribution in [2.75, 3.05) is 6.61 Å². The molecule has 0 spiro atoms. The average molecular weight is 617 g/mol. The predicted molar refractivity (Wildman–Crippen MR) is 169 cm³/mol. The van der Waals surface area contributed by atoms with E-state index in [-0.39, 0.29) is 12.2 Å². The lowest BCUT2D eigenvalue weighted by atomic mass is 9.96. The van der Waals surface area contributed by atoms with E-state index in [1.54, 1.807) is 24.5 Å². The molecule has 6 nitrogen and oxygen atoms in total. The maximum Gasteiger partial charge on any atom is 0.338 e. The number of thiazole rings is 1. The minimum atomic E-state index is -0.765. The van der Waals surface area contributed by atoms with E-state index in [1.165, 1.54) is 11.3 Å². The standard InChI is InChI=1S/C33H27Cl2N3O3S/c1-4-41-32(40)29-19(2)36-33-38(30(29)23-13-6-9-15-26(23)35)31(39)28(42-33)17-24-20(3)37(27-16-10-7-12-22(24)27)18-21-11-5-8-14-25(21)34/h5-17,30H,4,18H2,1-3H3/b28-17-/t30-/m0/s1. The Morgan fingerprint density at radius 3 is 2.43 bits per heavy atom. The van der Waals surface area contributed by atoms with Gasteiger partial charge in [0.15, 0.2) is 4.80 Å². The van der Waals surface area contributed by atoms with Crippen LogP contribution in [-0.2, 0) is 16.1 Å². The summed E-state index contributed by atoms with van der Waals surface area (Å²) in [5.74, 6) is -0.517. The van der Waals surface area contributed by atoms with Gasteiger partial charge in [-0.2, -0.15) is 0 Å². The normalized spacial score (nSPS) is 15.2. The van der Waals surface area contributed by atoms with Gasteiger partial charge in [-0.15, -0.1) is 0 Å². The summed E-state index contributed by atoms with van der Waals surface area (Å²) in [5, 5.41) is 2.18. The maximum absolute atomic E-state index is 14.2. The molecular weight excluding hydrogens is 589 g/mol. The quantitative estimate of drug-likeness (QED) is 0.207. The van der Waals surface area contributed by atoms with E-state index in [0.29, 0.717) is 42.8 Å². The number of carbonyl (C=O) groups is 1. The van der Waals surface area contributed by atoms with E-state index in [0.717, 1.165) is 27.7 Å². The highest BCUT2D eigenvalue weighted by atomic mass is 35.5. The summed E-state index contributed by atoms with van der Waals surface area (Å²) in [5.41, 5.74) is 5.19. The van der Waals surface area contributed by atoms with E-state index in [1.807, 2.05) is 60.7 Å². The van der Waals surface area contributed by atoms with Crippen LogP contribution in [0.15, 0.2) is 93.9 Å². The van der Waals surface area contributed by atoms with Gasteiger partial charge in [0.05, 0.1) is 22.4 Å². The molecule has 1 aliphatic heterocycles. The van der Waals surface area contributed by atoms with Crippen molar-refractivity contribution in [2.24, 2.45) is 4.99 Å². The minimum Gasteiger partial charge on any atom is -0.463 e. The first kappa shape index (κ1) is 28.2. The van der Waals surface area contributed by atoms with Gasteiger partial charge in [-0.05, 0) is 56.2 Å². The lowest BCUT2D eigenvalue weighted by molar-refractivity contribution is -0.139. The van der Waals surface area contributed by atoms with Gasteiger partial charge in [-0.3, -0.25) is 9.36 Å². The zero-order valence-electron chi connectivity index (χ0n) is 23.2. The fourth-order valence-corrected chi connectivity index (χ4v) is 7.02. The highest BCUT2D eigenvalue weighted by Crippen LogP contribution is 2.34. The smallest absolute Gasteiger partial charge is 0.338 e. The molecule has 0 amide bonds. The van der Waals surface area contributed by atoms with Crippen LogP contribution in [0, 0.1) is 6.92 Å². The van der Waals surface area contributed by atoms with Crippen molar-refractivity contribution in [3.63, 3.8) is 0 Å². The Morgan fingerprint density at radius 2 is 1.69 bits per heavy atom. The van der Waals surface area contributed by atoms with Crippen molar-refractivity contribution in [1.29, 1.82) is 0 Å². The number of hydrogen-bond acceptors (Lipinski definition) is 5. The Labute approximate surface area is 256 Å². The fourth-order valence-electron chi connectivity index (χ4n) is 5.55. The van der Waals surface area contributed by atoms with Crippen molar-refractivity contribution in [3.05, 3.63) is 136 Å². The first-order valence-electron chi connectivity index (χ1n) is 13.6. The van der Waals surface area contributed by atoms with Gasteiger partial charge in [0.1, 0.15) is 6.04 Å². The van der Waals surface area contributed by atoms with Gasteiger partial charge in [-0.1, -0.05) is 89.1 Å². The number of rotatable bonds is 6. The molecule has 0 aliphatic carbocycles. The number of halogens is 2. The molecule has 0 radical (unpaired) electrons. The SMILES string of the molecule is CCOC(=O)C1=C(C)N=c2s/c(=C\c3c(C)n(Cc4ccccc4Cl)c4ccccc34)c(=O)n2[C@H]1c1ccccc1Cl. The molecule has 0 unspecified atom stereocenters. The second-order valence-corrected chi connectivity index (χ2v) is 11.8. The molecule has 5 aromatic rings. The molecular formula is C33H27Cl2N3O3S. The van der Waals surface area contributed by atoms with Crippen LogP contribution in [0.3, 0.4) is 0 Å². The summed E-state index contributed by atoms with van der Waals surface area (Å²) in [7, 11) is 0. The number of ether oxygens (including phenoxy) is 1. The molecule has 1 aliphatic rings. The lowest BCUT2D eigenvalue weighted by Gasteiger charge is -2.25. The third-order valence-corrected chi connectivity index (χ3v) is 9.25. The predicted octanol–water partition coefficient (Wildman–Crippen LogP) is 6.42. The van der Waals surface area contributed by atoms with Crippen LogP contribution in [0.5, 0.6) is 0 Å². The van der Waals surface area contributed by atoms with Gasteiger partial charge in [-0.25, -0.2) is 9.79 Å². The molecule has 0 saturated heterocycles. The molecule has 42 heavy (non-hydrogen) atoms. The number of esters is 1. The summed E-state index contributed by atoms with van der Waals surface area (Å²) in [6.07, 6.45) is 1.93. The number of hydrogen-bond donors (Lipinski definition) is 0. The van der Waals surface area contributed by atoms with Gasteiger partial charge >= 0.3 is 5.97 Å². The van der Waals surface area contributed by atoms with Crippen molar-refractivity contribution < 1.29 is 9.53 Å². The van der Waals surface area contributed by atoms with Gasteiger partial charge < -0.3 is 9.30 Å². The summed E-state index contributed by atoms with van der Waals surface area (Å²) in [6.45, 7) is 6.36. The van der Waals surface area contributed by atoms with Crippen LogP contribution >= 0.6 is 34.5 Å². The van der Waals surface area contributed by atoms with Crippen molar-refractivity contribution in [2.45, 2.75) is 33.4 Å². The zero-order valence-corrected chi connectivity index (χ0v) is 25.6. The number of aromatic nitrogens is 2. The Morgan fingerprint density at radius 1 is 1.00 bits per heavy atom. The molecule has 0 N–H and O–H groups in total. The molecule has 0 saturated carbocycles. The monoisotopic (exact) mass is 615 g/mol. The van der Waals surface area contributed by atoms with E-state index in [2.05, 4.69) is 23.6 Å². The number of fused-ring (bicyclic) bond motifs is 2. The van der Waals surface area contributed by atoms with Gasteiger partial charge in [0, 0.05) is 38.8 Å². The molecule has 9 heteroatoms. The van der Waals surface area contributed by atoms with Gasteiger partial charge in [0.2, 0.25) is 0 Å². The number of nitrogens with zero attached hydrogens (tertiary/aromatic N) is 3. The van der Waals surface area contributed by atoms with Crippen molar-refractivity contribution >= 4 is 57.5 Å². The summed E-state index contributed by atoms with van der Waals surface area (Å²) in [4.78, 5) is 32.5. The highest BCUT2D eigenvalue weighted by Gasteiger charge is 2.34.